The molecule has 2 fully saturated rings. The largest absolute Gasteiger partial charge is 0.376 e. The van der Waals surface area contributed by atoms with Gasteiger partial charge in [-0.25, -0.2) is 0 Å². The summed E-state index contributed by atoms with van der Waals surface area (Å²) >= 11 is 4.92. The van der Waals surface area contributed by atoms with E-state index in [0.29, 0.717) is 11.2 Å². The van der Waals surface area contributed by atoms with Gasteiger partial charge >= 0.3 is 0 Å². The normalized spacial score (nSPS) is 48.1. The van der Waals surface area contributed by atoms with Gasteiger partial charge in [-0.3, -0.25) is 0 Å². The van der Waals surface area contributed by atoms with Crippen LogP contribution in [0.1, 0.15) is 19.3 Å². The fraction of sp³-hybridized carbons (Fsp3) is 0.727. The first-order valence-electron chi connectivity index (χ1n) is 5.48. The summed E-state index contributed by atoms with van der Waals surface area (Å²) in [5, 5.41) is 3.73. The van der Waals surface area contributed by atoms with Crippen molar-refractivity contribution in [1.29, 1.82) is 0 Å². The minimum absolute atomic E-state index is 0.473. The van der Waals surface area contributed by atoms with Crippen molar-refractivity contribution < 1.29 is 0 Å². The van der Waals surface area contributed by atoms with Gasteiger partial charge in [0.2, 0.25) is 0 Å². The Balaban J connectivity index is 1.76. The third-order valence-electron chi connectivity index (χ3n) is 4.34. The summed E-state index contributed by atoms with van der Waals surface area (Å²) in [5.74, 6) is 3.49. The lowest BCUT2D eigenvalue weighted by Gasteiger charge is -2.31. The molecule has 0 aromatic rings. The monoisotopic (exact) mass is 208 g/mol. The number of hydrogen-bond acceptors (Lipinski definition) is 1. The van der Waals surface area contributed by atoms with E-state index in [9.17, 15) is 0 Å². The maximum atomic E-state index is 5.54. The second kappa shape index (κ2) is 2.96. The van der Waals surface area contributed by atoms with Crippen molar-refractivity contribution >= 4 is 17.3 Å². The molecule has 0 heterocycles. The Kier molecular flexibility index (Phi) is 1.84. The zero-order valence-electron chi connectivity index (χ0n) is 8.15. The Morgan fingerprint density at radius 3 is 3.00 bits per heavy atom. The van der Waals surface area contributed by atoms with Crippen LogP contribution in [-0.4, -0.2) is 11.2 Å². The summed E-state index contributed by atoms with van der Waals surface area (Å²) in [6.45, 7) is 0. The van der Waals surface area contributed by atoms with Crippen LogP contribution >= 0.6 is 12.2 Å². The Bertz CT molecular complexity index is 300. The minimum atomic E-state index is 0.473. The Labute approximate surface area is 89.9 Å². The van der Waals surface area contributed by atoms with Crippen molar-refractivity contribution in [2.75, 3.05) is 0 Å². The predicted octanol–water partition coefficient (Wildman–Crippen LogP) is 1.42. The molecular formula is C11H16N2S. The molecule has 14 heavy (non-hydrogen) atoms. The Morgan fingerprint density at radius 1 is 1.36 bits per heavy atom. The van der Waals surface area contributed by atoms with Crippen LogP contribution in [-0.2, 0) is 0 Å². The lowest BCUT2D eigenvalue weighted by atomic mass is 9.79. The SMILES string of the molecule is NC(=S)N[C@@H]1C[C@H]2C[C@H]1[C@H]1C=CC[C@H]21. The predicted molar refractivity (Wildman–Crippen MR) is 60.7 cm³/mol. The second-order valence-electron chi connectivity index (χ2n) is 4.92. The van der Waals surface area contributed by atoms with Gasteiger partial charge in [0.1, 0.15) is 0 Å². The van der Waals surface area contributed by atoms with Gasteiger partial charge in [0.15, 0.2) is 5.11 Å². The third kappa shape index (κ3) is 1.11. The Morgan fingerprint density at radius 2 is 2.21 bits per heavy atom. The average molecular weight is 208 g/mol. The lowest BCUT2D eigenvalue weighted by Crippen LogP contribution is -2.44. The van der Waals surface area contributed by atoms with E-state index < -0.39 is 0 Å². The number of nitrogens with one attached hydrogen (secondary N) is 1. The van der Waals surface area contributed by atoms with E-state index in [1.807, 2.05) is 0 Å². The number of allylic oxidation sites excluding steroid dienone is 2. The maximum absolute atomic E-state index is 5.54. The van der Waals surface area contributed by atoms with Crippen LogP contribution in [0.3, 0.4) is 0 Å². The van der Waals surface area contributed by atoms with Crippen molar-refractivity contribution in [2.45, 2.75) is 25.3 Å². The fourth-order valence-electron chi connectivity index (χ4n) is 3.89. The van der Waals surface area contributed by atoms with Gasteiger partial charge in [0, 0.05) is 6.04 Å². The average Bonchev–Trinajstić information content (AvgIpc) is 2.68. The summed E-state index contributed by atoms with van der Waals surface area (Å²) in [5.41, 5.74) is 5.54. The maximum Gasteiger partial charge on any atom is 0.163 e. The molecule has 0 aliphatic heterocycles. The Hall–Kier alpha value is -0.570. The van der Waals surface area contributed by atoms with Gasteiger partial charge in [-0.2, -0.15) is 0 Å². The summed E-state index contributed by atoms with van der Waals surface area (Å²) in [6.07, 6.45) is 8.76. The standard InChI is InChI=1S/C11H16N2S/c12-11(14)13-10-5-6-4-9(10)8-3-1-2-7(6)8/h1,3,6-10H,2,4-5H2,(H3,12,13,14)/t6-,7-,8+,9+,10-/m1/s1. The highest BCUT2D eigenvalue weighted by atomic mass is 32.1. The number of nitrogens with two attached hydrogens (primary N) is 1. The first-order valence-corrected chi connectivity index (χ1v) is 5.89. The summed E-state index contributed by atoms with van der Waals surface area (Å²) in [4.78, 5) is 0. The molecule has 5 atom stereocenters. The van der Waals surface area contributed by atoms with E-state index >= 15 is 0 Å². The lowest BCUT2D eigenvalue weighted by molar-refractivity contribution is 0.246. The van der Waals surface area contributed by atoms with Gasteiger partial charge in [0.05, 0.1) is 0 Å². The first-order chi connectivity index (χ1) is 6.75. The van der Waals surface area contributed by atoms with E-state index in [2.05, 4.69) is 17.5 Å². The van der Waals surface area contributed by atoms with Crippen molar-refractivity contribution in [3.63, 3.8) is 0 Å². The number of thiocarbonyl (C=S) groups is 1. The first kappa shape index (κ1) is 8.72. The second-order valence-corrected chi connectivity index (χ2v) is 5.36. The van der Waals surface area contributed by atoms with E-state index in [1.54, 1.807) is 0 Å². The van der Waals surface area contributed by atoms with Gasteiger partial charge < -0.3 is 11.1 Å². The smallest absolute Gasteiger partial charge is 0.163 e. The molecule has 3 aliphatic rings. The van der Waals surface area contributed by atoms with Crippen LogP contribution < -0.4 is 11.1 Å². The molecule has 0 amide bonds. The summed E-state index contributed by atoms with van der Waals surface area (Å²) < 4.78 is 0. The molecule has 76 valence electrons. The molecule has 3 aliphatic carbocycles. The van der Waals surface area contributed by atoms with Crippen LogP contribution in [0.25, 0.3) is 0 Å². The van der Waals surface area contributed by atoms with Gasteiger partial charge in [-0.1, -0.05) is 12.2 Å². The number of rotatable bonds is 1. The zero-order chi connectivity index (χ0) is 9.71. The van der Waals surface area contributed by atoms with Crippen molar-refractivity contribution in [3.05, 3.63) is 12.2 Å². The van der Waals surface area contributed by atoms with E-state index in [1.165, 1.54) is 19.3 Å². The van der Waals surface area contributed by atoms with Crippen molar-refractivity contribution in [3.8, 4) is 0 Å². The minimum Gasteiger partial charge on any atom is -0.376 e. The molecule has 3 rings (SSSR count). The fourth-order valence-corrected chi connectivity index (χ4v) is 4.05. The van der Waals surface area contributed by atoms with Crippen LogP contribution in [0.5, 0.6) is 0 Å². The van der Waals surface area contributed by atoms with E-state index in [4.69, 9.17) is 18.0 Å². The molecule has 0 unspecified atom stereocenters. The summed E-state index contributed by atoms with van der Waals surface area (Å²) in [7, 11) is 0. The molecule has 0 aromatic heterocycles. The van der Waals surface area contributed by atoms with Gasteiger partial charge in [0.25, 0.3) is 0 Å². The molecular weight excluding hydrogens is 192 g/mol. The highest BCUT2D eigenvalue weighted by Crippen LogP contribution is 2.56. The topological polar surface area (TPSA) is 38.0 Å². The molecule has 2 saturated carbocycles. The van der Waals surface area contributed by atoms with E-state index in [0.717, 1.165) is 23.7 Å². The highest BCUT2D eigenvalue weighted by Gasteiger charge is 2.52. The quantitative estimate of drug-likeness (QED) is 0.505. The molecule has 3 heteroatoms. The van der Waals surface area contributed by atoms with E-state index in [-0.39, 0.29) is 0 Å². The number of hydrogen-bond donors (Lipinski definition) is 2. The molecule has 2 bridgehead atoms. The van der Waals surface area contributed by atoms with Gasteiger partial charge in [-0.15, -0.1) is 0 Å². The molecule has 0 aromatic carbocycles. The van der Waals surface area contributed by atoms with Crippen LogP contribution in [0.15, 0.2) is 12.2 Å². The van der Waals surface area contributed by atoms with Crippen LogP contribution in [0.2, 0.25) is 0 Å². The van der Waals surface area contributed by atoms with Crippen LogP contribution in [0, 0.1) is 23.7 Å². The molecule has 2 nitrogen and oxygen atoms in total. The van der Waals surface area contributed by atoms with Crippen LogP contribution in [0.4, 0.5) is 0 Å². The highest BCUT2D eigenvalue weighted by molar-refractivity contribution is 7.80. The molecule has 3 N–H and O–H groups in total. The number of fused-ring (bicyclic) bond motifs is 5. The van der Waals surface area contributed by atoms with Crippen molar-refractivity contribution in [2.24, 2.45) is 29.4 Å². The zero-order valence-corrected chi connectivity index (χ0v) is 8.96. The third-order valence-corrected chi connectivity index (χ3v) is 4.45. The molecule has 0 radical (unpaired) electrons. The van der Waals surface area contributed by atoms with Gasteiger partial charge in [-0.05, 0) is 55.2 Å². The molecule has 0 spiro atoms. The van der Waals surface area contributed by atoms with Crippen molar-refractivity contribution in [1.82, 2.24) is 5.32 Å². The summed E-state index contributed by atoms with van der Waals surface area (Å²) in [6, 6.07) is 0.557. The molecule has 0 saturated heterocycles.